The molecule has 1 fully saturated rings. The molecule has 5 heterocycles. The molecule has 0 bridgehead atoms. The summed E-state index contributed by atoms with van der Waals surface area (Å²) in [5.41, 5.74) is 2.22. The highest BCUT2D eigenvalue weighted by atomic mass is 16.6. The molecule has 0 radical (unpaired) electrons. The number of nitrogens with zero attached hydrogens (tertiary/aromatic N) is 5. The van der Waals surface area contributed by atoms with Crippen LogP contribution in [0.4, 0.5) is 4.79 Å². The van der Waals surface area contributed by atoms with Crippen molar-refractivity contribution in [3.05, 3.63) is 58.8 Å². The second-order valence-electron chi connectivity index (χ2n) is 8.53. The number of ether oxygens (including phenoxy) is 2. The zero-order valence-electron chi connectivity index (χ0n) is 18.8. The van der Waals surface area contributed by atoms with Crippen LogP contribution in [0.15, 0.2) is 47.5 Å². The van der Waals surface area contributed by atoms with Crippen LogP contribution in [-0.4, -0.2) is 74.4 Å². The Bertz CT molecular complexity index is 1240. The van der Waals surface area contributed by atoms with Gasteiger partial charge in [0.25, 0.3) is 5.56 Å². The summed E-state index contributed by atoms with van der Waals surface area (Å²) in [6.45, 7) is 3.98. The lowest BCUT2D eigenvalue weighted by Crippen LogP contribution is -2.47. The zero-order chi connectivity index (χ0) is 23.5. The number of aromatic nitrogens is 3. The molecule has 3 aromatic rings. The molecule has 1 saturated heterocycles. The van der Waals surface area contributed by atoms with E-state index < -0.39 is 6.09 Å². The Labute approximate surface area is 196 Å². The third kappa shape index (κ3) is 4.67. The van der Waals surface area contributed by atoms with Crippen LogP contribution in [-0.2, 0) is 13.1 Å². The smallest absolute Gasteiger partial charge is 0.407 e. The number of hydrogen-bond donors (Lipinski definition) is 1. The van der Waals surface area contributed by atoms with Crippen LogP contribution in [0, 0.1) is 0 Å². The maximum absolute atomic E-state index is 12.4. The van der Waals surface area contributed by atoms with Gasteiger partial charge in [-0.15, -0.1) is 0 Å². The maximum Gasteiger partial charge on any atom is 0.407 e. The lowest BCUT2D eigenvalue weighted by molar-refractivity contribution is 0.0848. The average molecular weight is 466 g/mol. The quantitative estimate of drug-likeness (QED) is 0.590. The summed E-state index contributed by atoms with van der Waals surface area (Å²) in [6, 6.07) is 8.71. The Kier molecular flexibility index (Phi) is 6.31. The molecule has 34 heavy (non-hydrogen) atoms. The van der Waals surface area contributed by atoms with Gasteiger partial charge in [-0.1, -0.05) is 0 Å². The number of piperidine rings is 1. The van der Waals surface area contributed by atoms with Crippen LogP contribution >= 0.6 is 0 Å². The number of carboxylic acid groups (broad SMARTS) is 1. The van der Waals surface area contributed by atoms with Crippen LogP contribution < -0.4 is 15.0 Å². The minimum absolute atomic E-state index is 0.0423. The van der Waals surface area contributed by atoms with Gasteiger partial charge in [0.05, 0.1) is 29.5 Å². The van der Waals surface area contributed by atoms with E-state index in [2.05, 4.69) is 14.9 Å². The molecule has 0 aliphatic carbocycles. The van der Waals surface area contributed by atoms with E-state index in [1.807, 2.05) is 12.1 Å². The molecule has 0 aromatic carbocycles. The van der Waals surface area contributed by atoms with Crippen molar-refractivity contribution in [1.29, 1.82) is 0 Å². The Morgan fingerprint density at radius 1 is 1.09 bits per heavy atom. The molecule has 10 heteroatoms. The van der Waals surface area contributed by atoms with Gasteiger partial charge in [-0.3, -0.25) is 19.7 Å². The van der Waals surface area contributed by atoms with E-state index in [4.69, 9.17) is 9.47 Å². The van der Waals surface area contributed by atoms with Crippen molar-refractivity contribution in [2.24, 2.45) is 0 Å². The fourth-order valence-corrected chi connectivity index (χ4v) is 4.65. The second kappa shape index (κ2) is 9.68. The van der Waals surface area contributed by atoms with Crippen molar-refractivity contribution in [1.82, 2.24) is 24.3 Å². The van der Waals surface area contributed by atoms with Crippen molar-refractivity contribution in [3.8, 4) is 11.5 Å². The third-order valence-corrected chi connectivity index (χ3v) is 6.46. The number of pyridine rings is 3. The van der Waals surface area contributed by atoms with Crippen molar-refractivity contribution in [3.63, 3.8) is 0 Å². The highest BCUT2D eigenvalue weighted by Gasteiger charge is 2.28. The maximum atomic E-state index is 12.4. The average Bonchev–Trinajstić information content (AvgIpc) is 2.87. The zero-order valence-corrected chi connectivity index (χ0v) is 18.8. The first-order valence-electron chi connectivity index (χ1n) is 11.5. The fourth-order valence-electron chi connectivity index (χ4n) is 4.65. The number of hydrogen-bond acceptors (Lipinski definition) is 7. The van der Waals surface area contributed by atoms with Gasteiger partial charge in [0.2, 0.25) is 0 Å². The molecular weight excluding hydrogens is 438 g/mol. The van der Waals surface area contributed by atoms with Crippen molar-refractivity contribution in [2.75, 3.05) is 32.8 Å². The molecular formula is C24H27N5O5. The molecule has 2 aliphatic heterocycles. The number of carbonyl (C=O) groups is 1. The summed E-state index contributed by atoms with van der Waals surface area (Å²) >= 11 is 0. The standard InChI is InChI=1S/C24H27N5O5/c30-23-4-3-19-20(2-1-7-25-19)28(23)11-10-27-8-5-18(6-9-27)29(24(31)32)16-17-14-21-22(15-26-17)34-13-12-33-21/h1-4,7,14-15,18H,5-6,8-13,16H2,(H,31,32). The van der Waals surface area contributed by atoms with Gasteiger partial charge in [-0.05, 0) is 31.0 Å². The third-order valence-electron chi connectivity index (χ3n) is 6.46. The Hall–Kier alpha value is -3.66. The van der Waals surface area contributed by atoms with Gasteiger partial charge in [0.15, 0.2) is 11.5 Å². The summed E-state index contributed by atoms with van der Waals surface area (Å²) < 4.78 is 12.9. The number of likely N-dealkylation sites (tertiary alicyclic amines) is 1. The summed E-state index contributed by atoms with van der Waals surface area (Å²) in [4.78, 5) is 36.9. The van der Waals surface area contributed by atoms with Gasteiger partial charge >= 0.3 is 6.09 Å². The summed E-state index contributed by atoms with van der Waals surface area (Å²) in [5, 5.41) is 9.86. The summed E-state index contributed by atoms with van der Waals surface area (Å²) in [6.07, 6.45) is 3.81. The van der Waals surface area contributed by atoms with Gasteiger partial charge in [-0.2, -0.15) is 0 Å². The number of amides is 1. The summed E-state index contributed by atoms with van der Waals surface area (Å²) in [7, 11) is 0. The van der Waals surface area contributed by atoms with E-state index in [9.17, 15) is 14.7 Å². The predicted molar refractivity (Wildman–Crippen MR) is 124 cm³/mol. The van der Waals surface area contributed by atoms with Gasteiger partial charge in [-0.25, -0.2) is 4.79 Å². The Balaban J connectivity index is 1.20. The fraction of sp³-hybridized carbons (Fsp3) is 0.417. The van der Waals surface area contributed by atoms with Crippen LogP contribution in [0.1, 0.15) is 18.5 Å². The van der Waals surface area contributed by atoms with Crippen LogP contribution in [0.5, 0.6) is 11.5 Å². The lowest BCUT2D eigenvalue weighted by atomic mass is 10.0. The minimum atomic E-state index is -0.954. The van der Waals surface area contributed by atoms with Gasteiger partial charge < -0.3 is 24.0 Å². The largest absolute Gasteiger partial charge is 0.486 e. The van der Waals surface area contributed by atoms with E-state index >= 15 is 0 Å². The van der Waals surface area contributed by atoms with E-state index in [1.54, 1.807) is 35.2 Å². The molecule has 1 amide bonds. The summed E-state index contributed by atoms with van der Waals surface area (Å²) in [5.74, 6) is 1.20. The van der Waals surface area contributed by atoms with Gasteiger partial charge in [0, 0.05) is 50.6 Å². The molecule has 1 N–H and O–H groups in total. The van der Waals surface area contributed by atoms with E-state index in [0.29, 0.717) is 37.0 Å². The normalized spacial score (nSPS) is 16.5. The number of fused-ring (bicyclic) bond motifs is 2. The molecule has 5 rings (SSSR count). The molecule has 0 spiro atoms. The van der Waals surface area contributed by atoms with Crippen LogP contribution in [0.3, 0.4) is 0 Å². The van der Waals surface area contributed by atoms with Gasteiger partial charge in [0.1, 0.15) is 13.2 Å². The monoisotopic (exact) mass is 465 g/mol. The highest BCUT2D eigenvalue weighted by Crippen LogP contribution is 2.30. The Morgan fingerprint density at radius 3 is 2.68 bits per heavy atom. The first-order valence-corrected chi connectivity index (χ1v) is 11.5. The topological polar surface area (TPSA) is 110 Å². The van der Waals surface area contributed by atoms with Crippen LogP contribution in [0.2, 0.25) is 0 Å². The molecule has 2 aliphatic rings. The molecule has 10 nitrogen and oxygen atoms in total. The lowest BCUT2D eigenvalue weighted by Gasteiger charge is -2.37. The van der Waals surface area contributed by atoms with Crippen molar-refractivity contribution in [2.45, 2.75) is 32.0 Å². The van der Waals surface area contributed by atoms with E-state index in [-0.39, 0.29) is 18.1 Å². The predicted octanol–water partition coefficient (Wildman–Crippen LogP) is 2.21. The van der Waals surface area contributed by atoms with Crippen molar-refractivity contribution < 1.29 is 19.4 Å². The second-order valence-corrected chi connectivity index (χ2v) is 8.53. The molecule has 3 aromatic heterocycles. The minimum Gasteiger partial charge on any atom is -0.486 e. The number of rotatable bonds is 6. The first kappa shape index (κ1) is 22.1. The molecule has 0 saturated carbocycles. The molecule has 0 atom stereocenters. The Morgan fingerprint density at radius 2 is 1.88 bits per heavy atom. The van der Waals surface area contributed by atoms with Crippen LogP contribution in [0.25, 0.3) is 11.0 Å². The molecule has 0 unspecified atom stereocenters. The molecule has 178 valence electrons. The van der Waals surface area contributed by atoms with E-state index in [0.717, 1.165) is 43.5 Å². The van der Waals surface area contributed by atoms with Crippen molar-refractivity contribution >= 4 is 17.1 Å². The first-order chi connectivity index (χ1) is 16.6. The highest BCUT2D eigenvalue weighted by molar-refractivity contribution is 5.73. The SMILES string of the molecule is O=C(O)N(Cc1cc2c(cn1)OCCO2)C1CCN(CCn2c(=O)ccc3ncccc32)CC1. The van der Waals surface area contributed by atoms with E-state index in [1.165, 1.54) is 4.90 Å².